The molecule has 2 fully saturated rings. The Kier molecular flexibility index (Phi) is 8.54. The van der Waals surface area contributed by atoms with E-state index in [1.807, 2.05) is 18.5 Å². The van der Waals surface area contributed by atoms with E-state index in [9.17, 15) is 0 Å². The van der Waals surface area contributed by atoms with Crippen LogP contribution in [0.25, 0.3) is 0 Å². The minimum Gasteiger partial charge on any atom is -0.381 e. The molecule has 0 bridgehead atoms. The highest BCUT2D eigenvalue weighted by molar-refractivity contribution is 5.80. The van der Waals surface area contributed by atoms with Crippen LogP contribution in [-0.4, -0.2) is 59.7 Å². The van der Waals surface area contributed by atoms with E-state index >= 15 is 0 Å². The quantitative estimate of drug-likeness (QED) is 0.379. The zero-order valence-electron chi connectivity index (χ0n) is 17.5. The smallest absolute Gasteiger partial charge is 0.191 e. The van der Waals surface area contributed by atoms with Crippen LogP contribution in [0.5, 0.6) is 0 Å². The molecule has 8 heteroatoms. The Hall–Kier alpha value is -1.67. The number of aromatic nitrogens is 3. The van der Waals surface area contributed by atoms with Crippen molar-refractivity contribution in [3.05, 3.63) is 11.6 Å². The molecule has 28 heavy (non-hydrogen) atoms. The predicted molar refractivity (Wildman–Crippen MR) is 109 cm³/mol. The Balaban J connectivity index is 1.43. The molecule has 0 amide bonds. The first-order valence-electron chi connectivity index (χ1n) is 10.8. The highest BCUT2D eigenvalue weighted by atomic mass is 16.5. The Bertz CT molecular complexity index is 606. The molecule has 0 radical (unpaired) electrons. The summed E-state index contributed by atoms with van der Waals surface area (Å²) in [6.45, 7) is 6.64. The van der Waals surface area contributed by atoms with Crippen molar-refractivity contribution in [2.24, 2.45) is 18.0 Å². The van der Waals surface area contributed by atoms with Crippen LogP contribution in [-0.2, 0) is 23.1 Å². The van der Waals surface area contributed by atoms with Gasteiger partial charge in [-0.2, -0.15) is 0 Å². The average molecular weight is 393 g/mol. The number of aryl methyl sites for hydroxylation is 1. The van der Waals surface area contributed by atoms with Crippen LogP contribution >= 0.6 is 0 Å². The number of guanidine groups is 1. The summed E-state index contributed by atoms with van der Waals surface area (Å²) < 4.78 is 13.2. The molecule has 1 aromatic heterocycles. The molecule has 0 spiro atoms. The van der Waals surface area contributed by atoms with E-state index in [1.54, 1.807) is 0 Å². The van der Waals surface area contributed by atoms with Gasteiger partial charge in [-0.05, 0) is 32.6 Å². The molecule has 2 aliphatic rings. The van der Waals surface area contributed by atoms with Gasteiger partial charge in [-0.3, -0.25) is 0 Å². The lowest BCUT2D eigenvalue weighted by atomic mass is 9.96. The van der Waals surface area contributed by atoms with Gasteiger partial charge in [0.1, 0.15) is 12.4 Å². The van der Waals surface area contributed by atoms with Crippen LogP contribution < -0.4 is 10.6 Å². The van der Waals surface area contributed by atoms with Crippen LogP contribution in [0.15, 0.2) is 4.99 Å². The lowest BCUT2D eigenvalue weighted by Gasteiger charge is -2.25. The number of ether oxygens (including phenoxy) is 2. The second-order valence-electron chi connectivity index (χ2n) is 7.95. The molecule has 1 aromatic rings. The van der Waals surface area contributed by atoms with Gasteiger partial charge >= 0.3 is 0 Å². The molecular formula is C20H36N6O2. The van der Waals surface area contributed by atoms with E-state index in [4.69, 9.17) is 14.5 Å². The third-order valence-corrected chi connectivity index (χ3v) is 5.64. The summed E-state index contributed by atoms with van der Waals surface area (Å²) >= 11 is 0. The first-order chi connectivity index (χ1) is 13.7. The summed E-state index contributed by atoms with van der Waals surface area (Å²) in [6, 6.07) is 0.514. The predicted octanol–water partition coefficient (Wildman–Crippen LogP) is 1.93. The number of hydrogen-bond donors (Lipinski definition) is 2. The summed E-state index contributed by atoms with van der Waals surface area (Å²) in [4.78, 5) is 4.76. The largest absolute Gasteiger partial charge is 0.381 e. The van der Waals surface area contributed by atoms with Gasteiger partial charge in [0.15, 0.2) is 11.8 Å². The fourth-order valence-electron chi connectivity index (χ4n) is 3.68. The minimum atomic E-state index is 0.514. The molecule has 1 saturated carbocycles. The Labute approximate surface area is 168 Å². The van der Waals surface area contributed by atoms with Crippen molar-refractivity contribution in [2.75, 3.05) is 33.0 Å². The summed E-state index contributed by atoms with van der Waals surface area (Å²) in [7, 11) is 1.98. The van der Waals surface area contributed by atoms with Gasteiger partial charge in [0.2, 0.25) is 0 Å². The van der Waals surface area contributed by atoms with Crippen molar-refractivity contribution in [1.29, 1.82) is 0 Å². The molecule has 2 heterocycles. The second-order valence-corrected chi connectivity index (χ2v) is 7.95. The Morgan fingerprint density at radius 2 is 2.11 bits per heavy atom. The normalized spacial score (nSPS) is 21.2. The van der Waals surface area contributed by atoms with Crippen LogP contribution in [0.2, 0.25) is 0 Å². The van der Waals surface area contributed by atoms with E-state index in [-0.39, 0.29) is 0 Å². The summed E-state index contributed by atoms with van der Waals surface area (Å²) in [5.41, 5.74) is 0. The SMILES string of the molecule is Cc1nnc(CN=C(NCCCOCC2CCOC2)NC2CCCCC2)n1C. The molecule has 3 rings (SSSR count). The lowest BCUT2D eigenvalue weighted by molar-refractivity contribution is 0.0888. The first-order valence-corrected chi connectivity index (χ1v) is 10.8. The molecule has 1 aliphatic carbocycles. The summed E-state index contributed by atoms with van der Waals surface area (Å²) in [5, 5.41) is 15.4. The number of aliphatic imine (C=N–C) groups is 1. The Morgan fingerprint density at radius 1 is 1.25 bits per heavy atom. The van der Waals surface area contributed by atoms with Crippen molar-refractivity contribution in [3.8, 4) is 0 Å². The van der Waals surface area contributed by atoms with E-state index in [2.05, 4.69) is 20.8 Å². The van der Waals surface area contributed by atoms with Gasteiger partial charge in [-0.25, -0.2) is 4.99 Å². The minimum absolute atomic E-state index is 0.514. The van der Waals surface area contributed by atoms with E-state index < -0.39 is 0 Å². The van der Waals surface area contributed by atoms with Crippen LogP contribution in [0.1, 0.15) is 56.6 Å². The molecule has 1 unspecified atom stereocenters. The maximum atomic E-state index is 5.80. The van der Waals surface area contributed by atoms with Crippen LogP contribution in [0.4, 0.5) is 0 Å². The maximum Gasteiger partial charge on any atom is 0.191 e. The topological polar surface area (TPSA) is 85.6 Å². The zero-order chi connectivity index (χ0) is 19.6. The number of rotatable bonds is 9. The zero-order valence-corrected chi connectivity index (χ0v) is 17.5. The standard InChI is InChI=1S/C20H36N6O2/c1-16-24-25-19(26(16)2)13-22-20(23-18-7-4-3-5-8-18)21-10-6-11-27-14-17-9-12-28-15-17/h17-18H,3-15H2,1-2H3,(H2,21,22,23). The monoisotopic (exact) mass is 392 g/mol. The van der Waals surface area contributed by atoms with Gasteiger partial charge in [-0.1, -0.05) is 19.3 Å². The maximum absolute atomic E-state index is 5.80. The second kappa shape index (κ2) is 11.4. The third kappa shape index (κ3) is 6.74. The van der Waals surface area contributed by atoms with Gasteiger partial charge in [0.25, 0.3) is 0 Å². The van der Waals surface area contributed by atoms with E-state index in [0.717, 1.165) is 63.4 Å². The van der Waals surface area contributed by atoms with E-state index in [0.29, 0.717) is 18.5 Å². The summed E-state index contributed by atoms with van der Waals surface area (Å²) in [6.07, 6.45) is 8.47. The van der Waals surface area contributed by atoms with E-state index in [1.165, 1.54) is 32.1 Å². The van der Waals surface area contributed by atoms with Gasteiger partial charge in [-0.15, -0.1) is 10.2 Å². The molecule has 158 valence electrons. The highest BCUT2D eigenvalue weighted by Crippen LogP contribution is 2.17. The molecule has 0 aromatic carbocycles. The molecule has 2 N–H and O–H groups in total. The fourth-order valence-corrected chi connectivity index (χ4v) is 3.68. The molecular weight excluding hydrogens is 356 g/mol. The molecule has 1 saturated heterocycles. The first kappa shape index (κ1) is 21.0. The van der Waals surface area contributed by atoms with Gasteiger partial charge in [0.05, 0.1) is 13.2 Å². The molecule has 1 atom stereocenters. The van der Waals surface area contributed by atoms with Crippen molar-refractivity contribution in [1.82, 2.24) is 25.4 Å². The van der Waals surface area contributed by atoms with Crippen LogP contribution in [0, 0.1) is 12.8 Å². The lowest BCUT2D eigenvalue weighted by Crippen LogP contribution is -2.44. The van der Waals surface area contributed by atoms with Gasteiger partial charge in [0, 0.05) is 38.8 Å². The van der Waals surface area contributed by atoms with Crippen molar-refractivity contribution < 1.29 is 9.47 Å². The highest BCUT2D eigenvalue weighted by Gasteiger charge is 2.16. The number of nitrogens with zero attached hydrogens (tertiary/aromatic N) is 4. The van der Waals surface area contributed by atoms with Crippen molar-refractivity contribution >= 4 is 5.96 Å². The third-order valence-electron chi connectivity index (χ3n) is 5.64. The Morgan fingerprint density at radius 3 is 2.82 bits per heavy atom. The fraction of sp³-hybridized carbons (Fsp3) is 0.850. The number of hydrogen-bond acceptors (Lipinski definition) is 5. The van der Waals surface area contributed by atoms with Crippen LogP contribution in [0.3, 0.4) is 0 Å². The molecule has 8 nitrogen and oxygen atoms in total. The van der Waals surface area contributed by atoms with Crippen molar-refractivity contribution in [3.63, 3.8) is 0 Å². The van der Waals surface area contributed by atoms with Crippen molar-refractivity contribution in [2.45, 2.75) is 64.5 Å². The average Bonchev–Trinajstić information content (AvgIpc) is 3.34. The van der Waals surface area contributed by atoms with Gasteiger partial charge < -0.3 is 24.7 Å². The number of nitrogens with one attached hydrogen (secondary N) is 2. The molecule has 1 aliphatic heterocycles. The summed E-state index contributed by atoms with van der Waals surface area (Å²) in [5.74, 6) is 3.23.